The van der Waals surface area contributed by atoms with E-state index in [-0.39, 0.29) is 30.9 Å². The minimum Gasteiger partial charge on any atom is -0.459 e. The lowest BCUT2D eigenvalue weighted by molar-refractivity contribution is -0.131. The Hall–Kier alpha value is -2.48. The van der Waals surface area contributed by atoms with E-state index in [0.717, 1.165) is 11.3 Å². The highest BCUT2D eigenvalue weighted by Crippen LogP contribution is 2.31. The molecule has 2 aliphatic heterocycles. The summed E-state index contributed by atoms with van der Waals surface area (Å²) in [5.41, 5.74) is 3.48. The number of anilines is 1. The SMILES string of the molecule is CC(C)CS(=O)(=O)N1CCN(c2ccc(-c3nc4nc(O[C@H]5CO[C@H](CO)[C@@H](O)C5)[nH]c4cc3Cl)cc2)CC1. The zero-order chi connectivity index (χ0) is 27.7. The van der Waals surface area contributed by atoms with Crippen LogP contribution in [0.2, 0.25) is 5.02 Å². The molecule has 0 amide bonds. The van der Waals surface area contributed by atoms with E-state index in [1.165, 1.54) is 0 Å². The number of hydrogen-bond acceptors (Lipinski definition) is 9. The number of rotatable bonds is 8. The third-order valence-electron chi connectivity index (χ3n) is 6.97. The number of sulfonamides is 1. The average molecular weight is 580 g/mol. The maximum absolute atomic E-state index is 12.6. The Morgan fingerprint density at radius 1 is 1.18 bits per heavy atom. The number of halogens is 1. The molecule has 2 aromatic heterocycles. The molecule has 5 rings (SSSR count). The minimum absolute atomic E-state index is 0.0989. The number of fused-ring (bicyclic) bond motifs is 1. The van der Waals surface area contributed by atoms with Crippen LogP contribution in [0.5, 0.6) is 6.01 Å². The highest BCUT2D eigenvalue weighted by atomic mass is 35.5. The van der Waals surface area contributed by atoms with Crippen LogP contribution in [-0.4, -0.2) is 101 Å². The Morgan fingerprint density at radius 3 is 2.54 bits per heavy atom. The number of aliphatic hydroxyl groups excluding tert-OH is 2. The van der Waals surface area contributed by atoms with E-state index in [2.05, 4.69) is 19.9 Å². The predicted molar refractivity (Wildman–Crippen MR) is 149 cm³/mol. The van der Waals surface area contributed by atoms with Gasteiger partial charge in [0, 0.05) is 43.9 Å². The average Bonchev–Trinajstić information content (AvgIpc) is 3.28. The van der Waals surface area contributed by atoms with Crippen LogP contribution in [0.15, 0.2) is 30.3 Å². The molecule has 11 nitrogen and oxygen atoms in total. The van der Waals surface area contributed by atoms with E-state index in [0.29, 0.717) is 54.5 Å². The summed E-state index contributed by atoms with van der Waals surface area (Å²) in [6.45, 7) is 6.01. The molecule has 0 bridgehead atoms. The van der Waals surface area contributed by atoms with Gasteiger partial charge in [0.05, 0.1) is 41.3 Å². The molecule has 2 saturated heterocycles. The van der Waals surface area contributed by atoms with Gasteiger partial charge >= 0.3 is 0 Å². The van der Waals surface area contributed by atoms with Crippen molar-refractivity contribution in [1.82, 2.24) is 19.3 Å². The minimum atomic E-state index is -3.23. The van der Waals surface area contributed by atoms with Crippen molar-refractivity contribution in [1.29, 1.82) is 0 Å². The number of benzene rings is 1. The lowest BCUT2D eigenvalue weighted by atomic mass is 10.0. The third kappa shape index (κ3) is 6.31. The summed E-state index contributed by atoms with van der Waals surface area (Å²) in [5, 5.41) is 19.8. The summed E-state index contributed by atoms with van der Waals surface area (Å²) in [6, 6.07) is 9.86. The number of H-pyrrole nitrogens is 1. The number of pyridine rings is 1. The van der Waals surface area contributed by atoms with Gasteiger partial charge in [0.25, 0.3) is 6.01 Å². The number of hydrogen-bond donors (Lipinski definition) is 3. The zero-order valence-electron chi connectivity index (χ0n) is 22.0. The first kappa shape index (κ1) is 28.1. The van der Waals surface area contributed by atoms with Crippen molar-refractivity contribution in [3.63, 3.8) is 0 Å². The van der Waals surface area contributed by atoms with Crippen molar-refractivity contribution in [2.24, 2.45) is 5.92 Å². The Bertz CT molecular complexity index is 1390. The standard InChI is InChI=1S/C26H34ClN5O6S/c1-16(2)15-39(35,36)32-9-7-31(8-10-32)18-5-3-17(4-6-18)24-20(27)12-21-25(29-24)30-26(28-21)38-19-11-22(34)23(13-33)37-14-19/h3-6,12,16,19,22-23,33-34H,7-11,13-15H2,1-2H3,(H,28,29,30)/t19-,22+,23-/m1/s1. The molecule has 2 aliphatic rings. The van der Waals surface area contributed by atoms with Crippen LogP contribution in [0, 0.1) is 5.92 Å². The number of ether oxygens (including phenoxy) is 2. The van der Waals surface area contributed by atoms with Crippen LogP contribution in [0.3, 0.4) is 0 Å². The van der Waals surface area contributed by atoms with E-state index in [1.807, 2.05) is 38.1 Å². The molecule has 0 saturated carbocycles. The molecule has 212 valence electrons. The van der Waals surface area contributed by atoms with Crippen molar-refractivity contribution in [2.45, 2.75) is 38.6 Å². The van der Waals surface area contributed by atoms with Gasteiger partial charge < -0.3 is 29.6 Å². The second-order valence-electron chi connectivity index (χ2n) is 10.4. The molecule has 3 aromatic rings. The third-order valence-corrected chi connectivity index (χ3v) is 9.50. The fraction of sp³-hybridized carbons (Fsp3) is 0.538. The van der Waals surface area contributed by atoms with Gasteiger partial charge in [-0.15, -0.1) is 0 Å². The second kappa shape index (κ2) is 11.6. The first-order valence-corrected chi connectivity index (χ1v) is 15.1. The molecule has 39 heavy (non-hydrogen) atoms. The van der Waals surface area contributed by atoms with Crippen LogP contribution < -0.4 is 9.64 Å². The lowest BCUT2D eigenvalue weighted by Gasteiger charge is -2.35. The quantitative estimate of drug-likeness (QED) is 0.366. The van der Waals surface area contributed by atoms with Crippen LogP contribution in [0.4, 0.5) is 5.69 Å². The van der Waals surface area contributed by atoms with Crippen molar-refractivity contribution in [2.75, 3.05) is 50.0 Å². The van der Waals surface area contributed by atoms with Crippen molar-refractivity contribution in [3.05, 3.63) is 35.4 Å². The highest BCUT2D eigenvalue weighted by molar-refractivity contribution is 7.89. The summed E-state index contributed by atoms with van der Waals surface area (Å²) in [5.74, 6) is 0.272. The number of nitrogens with zero attached hydrogens (tertiary/aromatic N) is 4. The first-order chi connectivity index (χ1) is 18.6. The van der Waals surface area contributed by atoms with E-state index >= 15 is 0 Å². The molecule has 0 spiro atoms. The number of piperazine rings is 1. The van der Waals surface area contributed by atoms with E-state index < -0.39 is 28.3 Å². The Kier molecular flexibility index (Phi) is 8.32. The Morgan fingerprint density at radius 2 is 1.90 bits per heavy atom. The Labute approximate surface area is 232 Å². The molecule has 0 aliphatic carbocycles. The molecule has 3 N–H and O–H groups in total. The number of aliphatic hydroxyl groups is 2. The molecular formula is C26H34ClN5O6S. The topological polar surface area (TPSA) is 141 Å². The molecule has 2 fully saturated rings. The van der Waals surface area contributed by atoms with Crippen LogP contribution >= 0.6 is 11.6 Å². The zero-order valence-corrected chi connectivity index (χ0v) is 23.5. The van der Waals surface area contributed by atoms with E-state index in [1.54, 1.807) is 10.4 Å². The summed E-state index contributed by atoms with van der Waals surface area (Å²) >= 11 is 6.57. The molecular weight excluding hydrogens is 546 g/mol. The van der Waals surface area contributed by atoms with E-state index in [4.69, 9.17) is 21.1 Å². The van der Waals surface area contributed by atoms with Gasteiger partial charge in [-0.25, -0.2) is 13.4 Å². The molecule has 1 aromatic carbocycles. The normalized spacial score (nSPS) is 23.0. The van der Waals surface area contributed by atoms with Crippen LogP contribution in [0.25, 0.3) is 22.4 Å². The van der Waals surface area contributed by atoms with E-state index in [9.17, 15) is 18.6 Å². The Balaban J connectivity index is 1.25. The van der Waals surface area contributed by atoms with Crippen molar-refractivity contribution < 1.29 is 28.1 Å². The fourth-order valence-corrected chi connectivity index (χ4v) is 7.01. The highest BCUT2D eigenvalue weighted by Gasteiger charge is 2.31. The van der Waals surface area contributed by atoms with Crippen molar-refractivity contribution in [3.8, 4) is 17.3 Å². The molecule has 0 radical (unpaired) electrons. The molecule has 13 heteroatoms. The van der Waals surface area contributed by atoms with Gasteiger partial charge in [0.2, 0.25) is 10.0 Å². The van der Waals surface area contributed by atoms with Gasteiger partial charge in [-0.05, 0) is 24.1 Å². The lowest BCUT2D eigenvalue weighted by Crippen LogP contribution is -2.49. The summed E-state index contributed by atoms with van der Waals surface area (Å²) in [6.07, 6.45) is -1.52. The van der Waals surface area contributed by atoms with Gasteiger partial charge in [-0.1, -0.05) is 37.6 Å². The number of aromatic nitrogens is 3. The largest absolute Gasteiger partial charge is 0.459 e. The fourth-order valence-electron chi connectivity index (χ4n) is 4.98. The second-order valence-corrected chi connectivity index (χ2v) is 12.9. The monoisotopic (exact) mass is 579 g/mol. The molecule has 3 atom stereocenters. The molecule has 0 unspecified atom stereocenters. The maximum Gasteiger partial charge on any atom is 0.296 e. The van der Waals surface area contributed by atoms with Gasteiger partial charge in [0.1, 0.15) is 12.2 Å². The van der Waals surface area contributed by atoms with Gasteiger partial charge in [-0.3, -0.25) is 0 Å². The number of nitrogens with one attached hydrogen (secondary N) is 1. The van der Waals surface area contributed by atoms with Gasteiger partial charge in [-0.2, -0.15) is 9.29 Å². The first-order valence-electron chi connectivity index (χ1n) is 13.1. The maximum atomic E-state index is 12.6. The summed E-state index contributed by atoms with van der Waals surface area (Å²) in [4.78, 5) is 14.3. The van der Waals surface area contributed by atoms with Crippen LogP contribution in [0.1, 0.15) is 20.3 Å². The molecule has 4 heterocycles. The van der Waals surface area contributed by atoms with Crippen molar-refractivity contribution >= 4 is 38.5 Å². The van der Waals surface area contributed by atoms with Gasteiger partial charge in [0.15, 0.2) is 5.65 Å². The number of imidazole rings is 1. The van der Waals surface area contributed by atoms with Crippen LogP contribution in [-0.2, 0) is 14.8 Å². The summed E-state index contributed by atoms with van der Waals surface area (Å²) < 4.78 is 38.0. The smallest absolute Gasteiger partial charge is 0.296 e. The number of aromatic amines is 1. The summed E-state index contributed by atoms with van der Waals surface area (Å²) in [7, 11) is -3.23. The predicted octanol–water partition coefficient (Wildman–Crippen LogP) is 2.28.